The van der Waals surface area contributed by atoms with Crippen molar-refractivity contribution in [2.24, 2.45) is 5.92 Å². The highest BCUT2D eigenvalue weighted by atomic mass is 19.1. The van der Waals surface area contributed by atoms with Crippen LogP contribution in [0.2, 0.25) is 0 Å². The van der Waals surface area contributed by atoms with Crippen LogP contribution < -0.4 is 5.32 Å². The molecule has 3 N–H and O–H groups in total. The Hall–Kier alpha value is -2.54. The zero-order valence-corrected chi connectivity index (χ0v) is 14.7. The van der Waals surface area contributed by atoms with E-state index in [0.717, 1.165) is 18.1 Å². The van der Waals surface area contributed by atoms with Crippen molar-refractivity contribution in [3.05, 3.63) is 53.4 Å². The lowest BCUT2D eigenvalue weighted by Crippen LogP contribution is -2.32. The molecule has 0 saturated heterocycles. The summed E-state index contributed by atoms with van der Waals surface area (Å²) in [5.41, 5.74) is 0.455. The van der Waals surface area contributed by atoms with Gasteiger partial charge in [-0.3, -0.25) is 9.89 Å². The summed E-state index contributed by atoms with van der Waals surface area (Å²) in [5, 5.41) is 20.0. The molecule has 26 heavy (non-hydrogen) atoms. The van der Waals surface area contributed by atoms with E-state index >= 15 is 0 Å². The van der Waals surface area contributed by atoms with Crippen LogP contribution in [0.25, 0.3) is 6.08 Å². The van der Waals surface area contributed by atoms with Crippen molar-refractivity contribution in [2.45, 2.75) is 38.2 Å². The maximum atomic E-state index is 13.5. The number of rotatable bonds is 6. The summed E-state index contributed by atoms with van der Waals surface area (Å²) in [6.07, 6.45) is 4.27. The van der Waals surface area contributed by atoms with Gasteiger partial charge in [0.1, 0.15) is 11.6 Å². The van der Waals surface area contributed by atoms with Crippen molar-refractivity contribution in [3.8, 4) is 0 Å². The fraction of sp³-hybridized carbons (Fsp3) is 0.421. The van der Waals surface area contributed by atoms with Gasteiger partial charge in [0.25, 0.3) is 0 Å². The van der Waals surface area contributed by atoms with Gasteiger partial charge in [-0.25, -0.2) is 9.37 Å². The van der Waals surface area contributed by atoms with Crippen LogP contribution in [0.4, 0.5) is 4.39 Å². The normalized spacial score (nSPS) is 22.8. The first-order chi connectivity index (χ1) is 12.5. The Morgan fingerprint density at radius 3 is 2.96 bits per heavy atom. The number of halogens is 1. The van der Waals surface area contributed by atoms with Crippen LogP contribution in [0.15, 0.2) is 30.3 Å². The predicted molar refractivity (Wildman–Crippen MR) is 95.7 cm³/mol. The van der Waals surface area contributed by atoms with E-state index in [1.165, 1.54) is 6.07 Å². The second kappa shape index (κ2) is 8.23. The van der Waals surface area contributed by atoms with Crippen LogP contribution in [-0.4, -0.2) is 38.8 Å². The van der Waals surface area contributed by atoms with E-state index in [0.29, 0.717) is 18.5 Å². The molecular weight excluding hydrogens is 335 g/mol. The largest absolute Gasteiger partial charge is 0.393 e. The molecule has 1 aromatic carbocycles. The molecule has 0 unspecified atom stereocenters. The highest BCUT2D eigenvalue weighted by Gasteiger charge is 2.35. The van der Waals surface area contributed by atoms with E-state index in [9.17, 15) is 14.3 Å². The van der Waals surface area contributed by atoms with Crippen molar-refractivity contribution >= 4 is 12.0 Å². The Morgan fingerprint density at radius 1 is 1.42 bits per heavy atom. The number of aromatic amines is 1. The molecule has 0 radical (unpaired) electrons. The van der Waals surface area contributed by atoms with E-state index in [4.69, 9.17) is 0 Å². The average Bonchev–Trinajstić information content (AvgIpc) is 3.20. The van der Waals surface area contributed by atoms with E-state index in [-0.39, 0.29) is 30.0 Å². The minimum absolute atomic E-state index is 0.0155. The first-order valence-electron chi connectivity index (χ1n) is 8.77. The van der Waals surface area contributed by atoms with Crippen LogP contribution in [0.1, 0.15) is 42.4 Å². The van der Waals surface area contributed by atoms with Crippen LogP contribution >= 0.6 is 0 Å². The van der Waals surface area contributed by atoms with Crippen molar-refractivity contribution < 1.29 is 14.3 Å². The van der Waals surface area contributed by atoms with Crippen LogP contribution in [-0.2, 0) is 4.79 Å². The third kappa shape index (κ3) is 4.54. The molecule has 3 rings (SSSR count). The summed E-state index contributed by atoms with van der Waals surface area (Å²) in [5.74, 6) is 1.11. The topological polar surface area (TPSA) is 90.9 Å². The summed E-state index contributed by atoms with van der Waals surface area (Å²) < 4.78 is 13.5. The molecule has 1 heterocycles. The molecule has 7 heteroatoms. The van der Waals surface area contributed by atoms with E-state index in [2.05, 4.69) is 20.5 Å². The number of benzene rings is 1. The van der Waals surface area contributed by atoms with Crippen LogP contribution in [0.5, 0.6) is 0 Å². The van der Waals surface area contributed by atoms with E-state index < -0.39 is 6.10 Å². The molecule has 1 amide bonds. The van der Waals surface area contributed by atoms with Gasteiger partial charge in [0.05, 0.1) is 6.10 Å². The number of carbonyl (C=O) groups excluding carboxylic acids is 1. The summed E-state index contributed by atoms with van der Waals surface area (Å²) in [6, 6.07) is 6.41. The van der Waals surface area contributed by atoms with Crippen molar-refractivity contribution in [2.75, 3.05) is 6.54 Å². The number of hydrogen-bond acceptors (Lipinski definition) is 4. The number of nitrogens with one attached hydrogen (secondary N) is 2. The van der Waals surface area contributed by atoms with Crippen LogP contribution in [0, 0.1) is 18.7 Å². The van der Waals surface area contributed by atoms with E-state index in [1.807, 2.05) is 6.92 Å². The van der Waals surface area contributed by atoms with Gasteiger partial charge >= 0.3 is 0 Å². The molecule has 6 nitrogen and oxygen atoms in total. The molecule has 0 spiro atoms. The highest BCUT2D eigenvalue weighted by Crippen LogP contribution is 2.36. The van der Waals surface area contributed by atoms with Crippen LogP contribution in [0.3, 0.4) is 0 Å². The predicted octanol–water partition coefficient (Wildman–Crippen LogP) is 2.33. The fourth-order valence-electron chi connectivity index (χ4n) is 3.30. The van der Waals surface area contributed by atoms with Gasteiger partial charge in [-0.15, -0.1) is 0 Å². The summed E-state index contributed by atoms with van der Waals surface area (Å²) >= 11 is 0. The van der Waals surface area contributed by atoms with Crippen molar-refractivity contribution in [3.63, 3.8) is 0 Å². The molecule has 138 valence electrons. The smallest absolute Gasteiger partial charge is 0.223 e. The summed E-state index contributed by atoms with van der Waals surface area (Å²) in [6.45, 7) is 2.25. The number of aromatic nitrogens is 3. The molecule has 1 aliphatic carbocycles. The second-order valence-corrected chi connectivity index (χ2v) is 6.71. The number of nitrogens with zero attached hydrogens (tertiary/aromatic N) is 2. The van der Waals surface area contributed by atoms with Crippen molar-refractivity contribution in [1.29, 1.82) is 0 Å². The zero-order chi connectivity index (χ0) is 18.5. The van der Waals surface area contributed by atoms with Crippen molar-refractivity contribution in [1.82, 2.24) is 20.5 Å². The third-order valence-electron chi connectivity index (χ3n) is 4.70. The Balaban J connectivity index is 1.45. The average molecular weight is 358 g/mol. The lowest BCUT2D eigenvalue weighted by Gasteiger charge is -2.14. The monoisotopic (exact) mass is 358 g/mol. The molecule has 3 atom stereocenters. The number of carbonyl (C=O) groups is 1. The summed E-state index contributed by atoms with van der Waals surface area (Å²) in [7, 11) is 0. The first-order valence-corrected chi connectivity index (χ1v) is 8.77. The highest BCUT2D eigenvalue weighted by molar-refractivity contribution is 5.78. The Bertz CT molecular complexity index is 789. The third-order valence-corrected chi connectivity index (χ3v) is 4.70. The van der Waals surface area contributed by atoms with Gasteiger partial charge in [0.15, 0.2) is 5.82 Å². The Kier molecular flexibility index (Phi) is 5.78. The number of H-pyrrole nitrogens is 1. The number of amides is 1. The first kappa shape index (κ1) is 18.3. The minimum Gasteiger partial charge on any atom is -0.393 e. The minimum atomic E-state index is -0.479. The maximum absolute atomic E-state index is 13.5. The molecule has 2 aromatic rings. The second-order valence-electron chi connectivity index (χ2n) is 6.71. The fourth-order valence-corrected chi connectivity index (χ4v) is 3.30. The van der Waals surface area contributed by atoms with Gasteiger partial charge in [0, 0.05) is 30.4 Å². The molecule has 0 bridgehead atoms. The van der Waals surface area contributed by atoms with Gasteiger partial charge in [-0.05, 0) is 25.8 Å². The quantitative estimate of drug-likeness (QED) is 0.739. The van der Waals surface area contributed by atoms with Gasteiger partial charge < -0.3 is 10.4 Å². The molecule has 1 saturated carbocycles. The molecule has 1 aliphatic rings. The maximum Gasteiger partial charge on any atom is 0.223 e. The Labute approximate surface area is 151 Å². The lowest BCUT2D eigenvalue weighted by molar-refractivity contribution is -0.120. The van der Waals surface area contributed by atoms with E-state index in [1.54, 1.807) is 30.4 Å². The standard InChI is InChI=1S/C19H23FN4O2/c1-12-22-19(24-23-12)14-9-15(17(25)10-14)11-21-18(26)8-4-6-13-5-2-3-7-16(13)20/h2-7,14-15,17,25H,8-11H2,1H3,(H,21,26)(H,22,23,24)/b6-4+/t14-,15+,17+/m0/s1. The molecular formula is C19H23FN4O2. The van der Waals surface area contributed by atoms with Gasteiger partial charge in [0.2, 0.25) is 5.91 Å². The molecule has 0 aliphatic heterocycles. The van der Waals surface area contributed by atoms with Gasteiger partial charge in [-0.1, -0.05) is 30.4 Å². The number of aryl methyl sites for hydroxylation is 1. The number of aliphatic hydroxyl groups is 1. The number of aliphatic hydroxyl groups excluding tert-OH is 1. The molecule has 1 aromatic heterocycles. The number of hydrogen-bond donors (Lipinski definition) is 3. The summed E-state index contributed by atoms with van der Waals surface area (Å²) in [4.78, 5) is 16.3. The zero-order valence-electron chi connectivity index (χ0n) is 14.7. The Morgan fingerprint density at radius 2 is 2.23 bits per heavy atom. The lowest BCUT2D eigenvalue weighted by atomic mass is 10.0. The van der Waals surface area contributed by atoms with Gasteiger partial charge in [-0.2, -0.15) is 5.10 Å². The molecule has 1 fully saturated rings. The SMILES string of the molecule is Cc1nc([C@H]2C[C@H](CNC(=O)C/C=C/c3ccccc3F)[C@H](O)C2)n[nH]1.